The molecule has 20 heavy (non-hydrogen) atoms. The molecule has 1 aliphatic rings. The van der Waals surface area contributed by atoms with Crippen molar-refractivity contribution in [1.29, 1.82) is 0 Å². The third-order valence-corrected chi connectivity index (χ3v) is 7.71. The van der Waals surface area contributed by atoms with Crippen LogP contribution in [0.1, 0.15) is 17.5 Å². The van der Waals surface area contributed by atoms with Crippen LogP contribution in [0.15, 0.2) is 48.2 Å². The molecule has 0 heterocycles. The number of hydrogen-bond donors (Lipinski definition) is 0. The van der Waals surface area contributed by atoms with Gasteiger partial charge in [0.2, 0.25) is 0 Å². The molecule has 0 aliphatic heterocycles. The first-order valence-corrected chi connectivity index (χ1v) is 10.2. The fourth-order valence-corrected chi connectivity index (χ4v) is 5.75. The lowest BCUT2D eigenvalue weighted by Crippen LogP contribution is -2.44. The highest BCUT2D eigenvalue weighted by Gasteiger charge is 2.32. The summed E-state index contributed by atoms with van der Waals surface area (Å²) in [4.78, 5) is 0. The highest BCUT2D eigenvalue weighted by Crippen LogP contribution is 2.28. The van der Waals surface area contributed by atoms with E-state index in [0.29, 0.717) is 6.61 Å². The van der Waals surface area contributed by atoms with Crippen LogP contribution in [-0.4, -0.2) is 14.7 Å². The summed E-state index contributed by atoms with van der Waals surface area (Å²) in [6.45, 7) is 13.5. The monoisotopic (exact) mass is 284 g/mol. The Kier molecular flexibility index (Phi) is 4.34. The van der Waals surface area contributed by atoms with Crippen molar-refractivity contribution in [3.8, 4) is 5.75 Å². The predicted octanol–water partition coefficient (Wildman–Crippen LogP) is 4.21. The average molecular weight is 284 g/mol. The van der Waals surface area contributed by atoms with E-state index in [1.807, 2.05) is 6.08 Å². The maximum absolute atomic E-state index is 5.99. The van der Waals surface area contributed by atoms with Gasteiger partial charge in [-0.1, -0.05) is 66.9 Å². The third kappa shape index (κ3) is 2.80. The number of hydrogen-bond acceptors (Lipinski definition) is 1. The standard InChI is InChI=1S/C18H24OSi/c1-6-11-19-18-15(3)12-14(2)13-17(18)20(4,5)16-9-7-8-10-16/h6-9,12-13H,1,10-11H2,2-5H3. The zero-order valence-corrected chi connectivity index (χ0v) is 14.0. The van der Waals surface area contributed by atoms with Crippen LogP contribution in [0.3, 0.4) is 0 Å². The minimum Gasteiger partial charge on any atom is -0.489 e. The number of rotatable bonds is 5. The van der Waals surface area contributed by atoms with E-state index in [9.17, 15) is 0 Å². The SMILES string of the molecule is C=CCOc1c(C)cc(C)cc1[Si](C)(C)C1=CC=CC1. The Morgan fingerprint density at radius 1 is 1.30 bits per heavy atom. The number of allylic oxidation sites excluding steroid dienone is 4. The van der Waals surface area contributed by atoms with Gasteiger partial charge < -0.3 is 4.74 Å². The Balaban J connectivity index is 2.50. The molecule has 1 aromatic rings. The van der Waals surface area contributed by atoms with E-state index in [2.05, 4.69) is 63.9 Å². The molecular weight excluding hydrogens is 260 g/mol. The second-order valence-corrected chi connectivity index (χ2v) is 10.4. The lowest BCUT2D eigenvalue weighted by Gasteiger charge is -2.28. The number of aryl methyl sites for hydroxylation is 2. The molecule has 0 fully saturated rings. The van der Waals surface area contributed by atoms with Gasteiger partial charge in [-0.2, -0.15) is 0 Å². The van der Waals surface area contributed by atoms with Crippen LogP contribution in [0.25, 0.3) is 0 Å². The van der Waals surface area contributed by atoms with E-state index in [1.165, 1.54) is 16.3 Å². The zero-order valence-electron chi connectivity index (χ0n) is 13.0. The molecule has 0 bridgehead atoms. The molecule has 0 saturated carbocycles. The van der Waals surface area contributed by atoms with E-state index in [-0.39, 0.29) is 0 Å². The summed E-state index contributed by atoms with van der Waals surface area (Å²) in [5, 5.41) is 2.98. The summed E-state index contributed by atoms with van der Waals surface area (Å²) >= 11 is 0. The smallest absolute Gasteiger partial charge is 0.122 e. The maximum Gasteiger partial charge on any atom is 0.122 e. The molecule has 1 aliphatic carbocycles. The van der Waals surface area contributed by atoms with Crippen molar-refractivity contribution in [3.63, 3.8) is 0 Å². The molecule has 0 unspecified atom stereocenters. The van der Waals surface area contributed by atoms with Crippen LogP contribution in [-0.2, 0) is 0 Å². The van der Waals surface area contributed by atoms with Crippen molar-refractivity contribution >= 4 is 13.3 Å². The van der Waals surface area contributed by atoms with Crippen LogP contribution in [0.2, 0.25) is 13.1 Å². The molecule has 0 amide bonds. The van der Waals surface area contributed by atoms with Crippen LogP contribution in [0.5, 0.6) is 5.75 Å². The largest absolute Gasteiger partial charge is 0.489 e. The topological polar surface area (TPSA) is 9.23 Å². The molecule has 0 spiro atoms. The molecule has 0 saturated heterocycles. The Bertz CT molecular complexity index is 579. The van der Waals surface area contributed by atoms with Crippen molar-refractivity contribution < 1.29 is 4.74 Å². The van der Waals surface area contributed by atoms with Crippen LogP contribution in [0, 0.1) is 13.8 Å². The minimum atomic E-state index is -1.66. The minimum absolute atomic E-state index is 0.568. The summed E-state index contributed by atoms with van der Waals surface area (Å²) in [6.07, 6.45) is 9.62. The third-order valence-electron chi connectivity index (χ3n) is 4.01. The van der Waals surface area contributed by atoms with E-state index < -0.39 is 8.07 Å². The predicted molar refractivity (Wildman–Crippen MR) is 90.6 cm³/mol. The Hall–Kier alpha value is -1.54. The molecule has 0 atom stereocenters. The molecule has 1 aromatic carbocycles. The van der Waals surface area contributed by atoms with Gasteiger partial charge in [-0.15, -0.1) is 0 Å². The quantitative estimate of drug-likeness (QED) is 0.581. The first-order chi connectivity index (χ1) is 9.46. The van der Waals surface area contributed by atoms with Crippen LogP contribution in [0.4, 0.5) is 0 Å². The van der Waals surface area contributed by atoms with Crippen molar-refractivity contribution in [1.82, 2.24) is 0 Å². The van der Waals surface area contributed by atoms with Gasteiger partial charge in [0, 0.05) is 0 Å². The first-order valence-electron chi connectivity index (χ1n) is 7.18. The highest BCUT2D eigenvalue weighted by atomic mass is 28.3. The second kappa shape index (κ2) is 5.84. The summed E-state index contributed by atoms with van der Waals surface area (Å²) in [5.74, 6) is 1.07. The molecule has 0 aromatic heterocycles. The van der Waals surface area contributed by atoms with Crippen LogP contribution < -0.4 is 9.92 Å². The zero-order chi connectivity index (χ0) is 14.8. The second-order valence-electron chi connectivity index (χ2n) is 6.01. The molecule has 106 valence electrons. The van der Waals surface area contributed by atoms with E-state index >= 15 is 0 Å². The van der Waals surface area contributed by atoms with Crippen molar-refractivity contribution in [2.24, 2.45) is 0 Å². The van der Waals surface area contributed by atoms with Gasteiger partial charge in [0.25, 0.3) is 0 Å². The van der Waals surface area contributed by atoms with E-state index in [0.717, 1.165) is 12.2 Å². The van der Waals surface area contributed by atoms with Gasteiger partial charge in [0.05, 0.1) is 0 Å². The van der Waals surface area contributed by atoms with E-state index in [1.54, 1.807) is 5.20 Å². The first kappa shape index (κ1) is 14.9. The summed E-state index contributed by atoms with van der Waals surface area (Å²) in [5.41, 5.74) is 2.55. The molecular formula is C18H24OSi. The number of benzene rings is 1. The fourth-order valence-electron chi connectivity index (χ4n) is 2.84. The van der Waals surface area contributed by atoms with Crippen molar-refractivity contribution in [2.75, 3.05) is 6.61 Å². The Labute approximate surface area is 123 Å². The van der Waals surface area contributed by atoms with Gasteiger partial charge in [-0.05, 0) is 31.0 Å². The maximum atomic E-state index is 5.99. The molecule has 2 heteroatoms. The van der Waals surface area contributed by atoms with Crippen LogP contribution >= 0.6 is 0 Å². The summed E-state index contributed by atoms with van der Waals surface area (Å²) in [7, 11) is -1.66. The van der Waals surface area contributed by atoms with E-state index in [4.69, 9.17) is 4.74 Å². The van der Waals surface area contributed by atoms with Gasteiger partial charge in [-0.25, -0.2) is 0 Å². The normalized spacial score (nSPS) is 14.3. The van der Waals surface area contributed by atoms with Gasteiger partial charge in [-0.3, -0.25) is 0 Å². The highest BCUT2D eigenvalue weighted by molar-refractivity contribution is 6.96. The molecule has 0 radical (unpaired) electrons. The Morgan fingerprint density at radius 2 is 2.05 bits per heavy atom. The summed E-state index contributed by atoms with van der Waals surface area (Å²) in [6, 6.07) is 4.52. The molecule has 1 nitrogen and oxygen atoms in total. The van der Waals surface area contributed by atoms with Gasteiger partial charge in [0.15, 0.2) is 0 Å². The van der Waals surface area contributed by atoms with Crippen molar-refractivity contribution in [3.05, 3.63) is 59.3 Å². The molecule has 2 rings (SSSR count). The van der Waals surface area contributed by atoms with Crippen molar-refractivity contribution in [2.45, 2.75) is 33.4 Å². The molecule has 0 N–H and O–H groups in total. The summed E-state index contributed by atoms with van der Waals surface area (Å²) < 4.78 is 5.99. The lowest BCUT2D eigenvalue weighted by atomic mass is 10.1. The fraction of sp³-hybridized carbons (Fsp3) is 0.333. The number of ether oxygens (including phenoxy) is 1. The Morgan fingerprint density at radius 3 is 2.65 bits per heavy atom. The lowest BCUT2D eigenvalue weighted by molar-refractivity contribution is 0.363. The van der Waals surface area contributed by atoms with Gasteiger partial charge in [0.1, 0.15) is 20.4 Å². The van der Waals surface area contributed by atoms with Gasteiger partial charge >= 0.3 is 0 Å². The average Bonchev–Trinajstić information content (AvgIpc) is 2.91.